The fraction of sp³-hybridized carbons (Fsp3) is 0.462. The van der Waals surface area contributed by atoms with Crippen molar-refractivity contribution >= 4 is 17.3 Å². The van der Waals surface area contributed by atoms with E-state index in [0.29, 0.717) is 42.7 Å². The van der Waals surface area contributed by atoms with Crippen LogP contribution in [0.1, 0.15) is 6.42 Å². The molecule has 0 saturated heterocycles. The van der Waals surface area contributed by atoms with Crippen LogP contribution in [0.25, 0.3) is 0 Å². The molecule has 0 atom stereocenters. The maximum Gasteiger partial charge on any atom is 0.231 e. The second-order valence-electron chi connectivity index (χ2n) is 4.20. The van der Waals surface area contributed by atoms with Gasteiger partial charge in [-0.3, -0.25) is 4.79 Å². The van der Waals surface area contributed by atoms with Crippen LogP contribution in [0.3, 0.4) is 0 Å². The molecule has 1 amide bonds. The number of ether oxygens (including phenoxy) is 4. The fourth-order valence-electron chi connectivity index (χ4n) is 1.69. The van der Waals surface area contributed by atoms with Crippen LogP contribution in [0.15, 0.2) is 12.1 Å². The lowest BCUT2D eigenvalue weighted by molar-refractivity contribution is -0.117. The van der Waals surface area contributed by atoms with E-state index in [-0.39, 0.29) is 19.1 Å². The number of fused-ring (bicyclic) bond motifs is 1. The Hall–Kier alpha value is -1.99. The van der Waals surface area contributed by atoms with Gasteiger partial charge in [0, 0.05) is 19.2 Å². The van der Waals surface area contributed by atoms with Gasteiger partial charge >= 0.3 is 0 Å². The summed E-state index contributed by atoms with van der Waals surface area (Å²) in [7, 11) is 1.60. The minimum atomic E-state index is -0.173. The van der Waals surface area contributed by atoms with Crippen LogP contribution in [-0.2, 0) is 14.3 Å². The maximum atomic E-state index is 11.7. The Morgan fingerprint density at radius 3 is 2.80 bits per heavy atom. The summed E-state index contributed by atoms with van der Waals surface area (Å²) in [5.74, 6) is 0.988. The van der Waals surface area contributed by atoms with Crippen LogP contribution in [0.4, 0.5) is 11.4 Å². The largest absolute Gasteiger partial charge is 0.454 e. The lowest BCUT2D eigenvalue weighted by atomic mass is 10.2. The van der Waals surface area contributed by atoms with Gasteiger partial charge in [-0.1, -0.05) is 0 Å². The molecule has 1 aromatic carbocycles. The van der Waals surface area contributed by atoms with E-state index in [1.165, 1.54) is 0 Å². The average Bonchev–Trinajstić information content (AvgIpc) is 2.86. The van der Waals surface area contributed by atoms with Crippen molar-refractivity contribution in [1.82, 2.24) is 0 Å². The molecule has 2 rings (SSSR count). The summed E-state index contributed by atoms with van der Waals surface area (Å²) in [6.07, 6.45) is 0.248. The Balaban J connectivity index is 1.82. The normalized spacial score (nSPS) is 12.4. The summed E-state index contributed by atoms with van der Waals surface area (Å²) in [6.45, 7) is 1.48. The number of nitrogens with two attached hydrogens (primary N) is 1. The highest BCUT2D eigenvalue weighted by atomic mass is 16.7. The van der Waals surface area contributed by atoms with Crippen LogP contribution in [0.2, 0.25) is 0 Å². The first kappa shape index (κ1) is 14.4. The Bertz CT molecular complexity index is 478. The Kier molecular flexibility index (Phi) is 5.03. The molecular formula is C13H18N2O5. The molecule has 0 radical (unpaired) electrons. The highest BCUT2D eigenvalue weighted by Crippen LogP contribution is 2.38. The van der Waals surface area contributed by atoms with Crippen molar-refractivity contribution in [2.24, 2.45) is 0 Å². The molecule has 20 heavy (non-hydrogen) atoms. The first-order chi connectivity index (χ1) is 9.70. The first-order valence-corrected chi connectivity index (χ1v) is 6.26. The van der Waals surface area contributed by atoms with Crippen LogP contribution >= 0.6 is 0 Å². The van der Waals surface area contributed by atoms with E-state index in [9.17, 15) is 4.79 Å². The van der Waals surface area contributed by atoms with Gasteiger partial charge in [-0.05, 0) is 0 Å². The Morgan fingerprint density at radius 2 is 2.05 bits per heavy atom. The number of amides is 1. The third-order valence-electron chi connectivity index (χ3n) is 2.72. The number of carbonyl (C=O) groups is 1. The van der Waals surface area contributed by atoms with E-state index in [4.69, 9.17) is 24.7 Å². The highest BCUT2D eigenvalue weighted by Gasteiger charge is 2.17. The number of hydrogen-bond donors (Lipinski definition) is 2. The van der Waals surface area contributed by atoms with Gasteiger partial charge in [0.1, 0.15) is 0 Å². The van der Waals surface area contributed by atoms with E-state index in [1.54, 1.807) is 19.2 Å². The van der Waals surface area contributed by atoms with Gasteiger partial charge in [-0.15, -0.1) is 0 Å². The lowest BCUT2D eigenvalue weighted by Gasteiger charge is -2.09. The number of methoxy groups -OCH3 is 1. The number of hydrogen-bond acceptors (Lipinski definition) is 6. The van der Waals surface area contributed by atoms with Crippen molar-refractivity contribution in [3.8, 4) is 11.5 Å². The molecule has 7 heteroatoms. The summed E-state index contributed by atoms with van der Waals surface area (Å²) in [4.78, 5) is 11.7. The third kappa shape index (κ3) is 3.75. The molecule has 1 heterocycles. The molecule has 3 N–H and O–H groups in total. The van der Waals surface area contributed by atoms with Crippen molar-refractivity contribution in [3.63, 3.8) is 0 Å². The number of nitrogen functional groups attached to an aromatic ring is 1. The molecule has 0 unspecified atom stereocenters. The summed E-state index contributed by atoms with van der Waals surface area (Å²) < 4.78 is 20.5. The van der Waals surface area contributed by atoms with Crippen molar-refractivity contribution in [2.75, 3.05) is 44.8 Å². The third-order valence-corrected chi connectivity index (χ3v) is 2.72. The van der Waals surface area contributed by atoms with Gasteiger partial charge < -0.3 is 30.0 Å². The van der Waals surface area contributed by atoms with Gasteiger partial charge in [0.15, 0.2) is 11.5 Å². The topological polar surface area (TPSA) is 92.0 Å². The number of anilines is 2. The van der Waals surface area contributed by atoms with Crippen LogP contribution in [0.5, 0.6) is 11.5 Å². The standard InChI is InChI=1S/C13H18N2O5/c1-17-4-5-18-3-2-13(16)15-10-7-12-11(6-9(10)14)19-8-20-12/h6-7H,2-5,8,14H2,1H3,(H,15,16). The molecule has 1 aromatic rings. The molecule has 110 valence electrons. The molecule has 1 aliphatic rings. The van der Waals surface area contributed by atoms with Gasteiger partial charge in [0.2, 0.25) is 12.7 Å². The molecule has 0 aromatic heterocycles. The fourth-order valence-corrected chi connectivity index (χ4v) is 1.69. The molecule has 0 bridgehead atoms. The zero-order valence-electron chi connectivity index (χ0n) is 11.3. The zero-order valence-corrected chi connectivity index (χ0v) is 11.3. The maximum absolute atomic E-state index is 11.7. The molecule has 7 nitrogen and oxygen atoms in total. The SMILES string of the molecule is COCCOCCC(=O)Nc1cc2c(cc1N)OCO2. The van der Waals surface area contributed by atoms with Gasteiger partial charge in [-0.2, -0.15) is 0 Å². The Labute approximate surface area is 116 Å². The van der Waals surface area contributed by atoms with Crippen molar-refractivity contribution < 1.29 is 23.7 Å². The smallest absolute Gasteiger partial charge is 0.231 e. The quantitative estimate of drug-likeness (QED) is 0.572. The minimum Gasteiger partial charge on any atom is -0.454 e. The van der Waals surface area contributed by atoms with Crippen LogP contribution < -0.4 is 20.5 Å². The van der Waals surface area contributed by atoms with Crippen LogP contribution in [0, 0.1) is 0 Å². The van der Waals surface area contributed by atoms with Crippen molar-refractivity contribution in [1.29, 1.82) is 0 Å². The predicted molar refractivity (Wildman–Crippen MR) is 72.9 cm³/mol. The van der Waals surface area contributed by atoms with E-state index < -0.39 is 0 Å². The molecule has 1 aliphatic heterocycles. The van der Waals surface area contributed by atoms with Gasteiger partial charge in [-0.25, -0.2) is 0 Å². The monoisotopic (exact) mass is 282 g/mol. The summed E-state index contributed by atoms with van der Waals surface area (Å²) in [6, 6.07) is 3.29. The molecule has 0 aliphatic carbocycles. The lowest BCUT2D eigenvalue weighted by Crippen LogP contribution is -2.16. The van der Waals surface area contributed by atoms with E-state index >= 15 is 0 Å². The average molecular weight is 282 g/mol. The summed E-state index contributed by atoms with van der Waals surface area (Å²) >= 11 is 0. The Morgan fingerprint density at radius 1 is 1.30 bits per heavy atom. The van der Waals surface area contributed by atoms with E-state index in [0.717, 1.165) is 0 Å². The van der Waals surface area contributed by atoms with Crippen molar-refractivity contribution in [3.05, 3.63) is 12.1 Å². The predicted octanol–water partition coefficient (Wildman–Crippen LogP) is 0.989. The number of nitrogens with one attached hydrogen (secondary N) is 1. The van der Waals surface area contributed by atoms with Gasteiger partial charge in [0.25, 0.3) is 0 Å². The summed E-state index contributed by atoms with van der Waals surface area (Å²) in [5.41, 5.74) is 6.78. The minimum absolute atomic E-state index is 0.166. The van der Waals surface area contributed by atoms with Crippen molar-refractivity contribution in [2.45, 2.75) is 6.42 Å². The number of carbonyl (C=O) groups excluding carboxylic acids is 1. The highest BCUT2D eigenvalue weighted by molar-refractivity contribution is 5.94. The number of benzene rings is 1. The first-order valence-electron chi connectivity index (χ1n) is 6.26. The number of rotatable bonds is 7. The van der Waals surface area contributed by atoms with Crippen LogP contribution in [-0.4, -0.2) is 39.6 Å². The molecule has 0 fully saturated rings. The molecule has 0 spiro atoms. The second kappa shape index (κ2) is 6.97. The van der Waals surface area contributed by atoms with E-state index in [1.807, 2.05) is 0 Å². The van der Waals surface area contributed by atoms with Gasteiger partial charge in [0.05, 0.1) is 37.6 Å². The summed E-state index contributed by atoms with van der Waals surface area (Å²) in [5, 5.41) is 2.72. The molecule has 0 saturated carbocycles. The zero-order chi connectivity index (χ0) is 14.4. The van der Waals surface area contributed by atoms with E-state index in [2.05, 4.69) is 5.32 Å². The molecular weight excluding hydrogens is 264 g/mol. The second-order valence-corrected chi connectivity index (χ2v) is 4.20.